The van der Waals surface area contributed by atoms with E-state index in [9.17, 15) is 4.21 Å². The Bertz CT molecular complexity index is 50.9. The van der Waals surface area contributed by atoms with Crippen LogP contribution in [0.4, 0.5) is 0 Å². The lowest BCUT2D eigenvalue weighted by Crippen LogP contribution is -1.91. The molecular weight excluding hydrogens is 118 g/mol. The van der Waals surface area contributed by atoms with E-state index in [1.807, 2.05) is 0 Å². The molecule has 3 N–H and O–H groups in total. The maximum Gasteiger partial charge on any atom is 0.304 e. The summed E-state index contributed by atoms with van der Waals surface area (Å²) in [6.07, 6.45) is 0. The predicted octanol–water partition coefficient (Wildman–Crippen LogP) is 0.0199. The van der Waals surface area contributed by atoms with Crippen molar-refractivity contribution in [3.8, 4) is 0 Å². The van der Waals surface area contributed by atoms with Crippen LogP contribution in [0, 0.1) is 0 Å². The highest BCUT2D eigenvalue weighted by atomic mass is 32.2. The zero-order chi connectivity index (χ0) is 4.99. The standard InChI is InChI=1S/C2H6O3S.H3N/c1-4-6(3)5-2;/h1-2H3;1H3. The second-order valence-corrected chi connectivity index (χ2v) is 1.61. The maximum absolute atomic E-state index is 9.85. The normalized spacial score (nSPS) is 8.43. The molecule has 0 saturated carbocycles. The Kier molecular flexibility index (Phi) is 8.70. The number of hydrogen-bond donors (Lipinski definition) is 1. The molecule has 7 heavy (non-hydrogen) atoms. The summed E-state index contributed by atoms with van der Waals surface area (Å²) >= 11 is -1.53. The van der Waals surface area contributed by atoms with Crippen molar-refractivity contribution >= 4 is 11.4 Å². The van der Waals surface area contributed by atoms with E-state index in [0.29, 0.717) is 0 Å². The number of rotatable bonds is 2. The first-order valence-electron chi connectivity index (χ1n) is 1.32. The van der Waals surface area contributed by atoms with E-state index in [1.165, 1.54) is 14.2 Å². The molecule has 46 valence electrons. The van der Waals surface area contributed by atoms with Crippen LogP contribution in [0.5, 0.6) is 0 Å². The summed E-state index contributed by atoms with van der Waals surface area (Å²) < 4.78 is 18.1. The van der Waals surface area contributed by atoms with Crippen molar-refractivity contribution in [1.29, 1.82) is 0 Å². The minimum atomic E-state index is -1.53. The van der Waals surface area contributed by atoms with Gasteiger partial charge in [0.1, 0.15) is 0 Å². The van der Waals surface area contributed by atoms with Gasteiger partial charge in [-0.25, -0.2) is 0 Å². The second-order valence-electron chi connectivity index (χ2n) is 0.537. The fraction of sp³-hybridized carbons (Fsp3) is 1.00. The molecule has 0 aromatic carbocycles. The van der Waals surface area contributed by atoms with Gasteiger partial charge in [-0.15, -0.1) is 0 Å². The van der Waals surface area contributed by atoms with Crippen LogP contribution < -0.4 is 6.15 Å². The Morgan fingerprint density at radius 1 is 1.29 bits per heavy atom. The van der Waals surface area contributed by atoms with Crippen LogP contribution in [0.2, 0.25) is 0 Å². The molecule has 0 amide bonds. The molecule has 0 spiro atoms. The van der Waals surface area contributed by atoms with Crippen LogP contribution in [0.1, 0.15) is 0 Å². The zero-order valence-electron chi connectivity index (χ0n) is 4.34. The Morgan fingerprint density at radius 3 is 1.57 bits per heavy atom. The minimum absolute atomic E-state index is 0. The van der Waals surface area contributed by atoms with Gasteiger partial charge in [0, 0.05) is 0 Å². The SMILES string of the molecule is COS(=O)OC.N. The van der Waals surface area contributed by atoms with Crippen LogP contribution in [-0.2, 0) is 19.7 Å². The minimum Gasteiger partial charge on any atom is -0.344 e. The lowest BCUT2D eigenvalue weighted by Gasteiger charge is -1.86. The van der Waals surface area contributed by atoms with Crippen molar-refractivity contribution in [2.45, 2.75) is 0 Å². The molecule has 0 atom stereocenters. The molecule has 0 bridgehead atoms. The van der Waals surface area contributed by atoms with E-state index in [-0.39, 0.29) is 6.15 Å². The molecule has 0 fully saturated rings. The van der Waals surface area contributed by atoms with Gasteiger partial charge in [-0.3, -0.25) is 8.37 Å². The first-order chi connectivity index (χ1) is 2.81. The Hall–Kier alpha value is 0.0300. The van der Waals surface area contributed by atoms with Crippen molar-refractivity contribution in [2.24, 2.45) is 0 Å². The van der Waals surface area contributed by atoms with Crippen LogP contribution >= 0.6 is 0 Å². The summed E-state index contributed by atoms with van der Waals surface area (Å²) in [5.41, 5.74) is 0. The summed E-state index contributed by atoms with van der Waals surface area (Å²) in [6, 6.07) is 0. The molecule has 5 heteroatoms. The molecule has 0 aliphatic heterocycles. The largest absolute Gasteiger partial charge is 0.344 e. The molecule has 0 aliphatic carbocycles. The zero-order valence-corrected chi connectivity index (χ0v) is 5.16. The van der Waals surface area contributed by atoms with Crippen molar-refractivity contribution in [1.82, 2.24) is 6.15 Å². The topological polar surface area (TPSA) is 70.5 Å². The van der Waals surface area contributed by atoms with Gasteiger partial charge in [0.2, 0.25) is 0 Å². The predicted molar refractivity (Wildman–Crippen MR) is 27.2 cm³/mol. The highest BCUT2D eigenvalue weighted by Crippen LogP contribution is 1.76. The average Bonchev–Trinajstić information content (AvgIpc) is 1.65. The van der Waals surface area contributed by atoms with E-state index in [1.54, 1.807) is 0 Å². The van der Waals surface area contributed by atoms with E-state index >= 15 is 0 Å². The average molecular weight is 127 g/mol. The monoisotopic (exact) mass is 127 g/mol. The van der Waals surface area contributed by atoms with Gasteiger partial charge < -0.3 is 6.15 Å². The van der Waals surface area contributed by atoms with Gasteiger partial charge in [-0.05, 0) is 0 Å². The summed E-state index contributed by atoms with van der Waals surface area (Å²) in [5.74, 6) is 0. The quantitative estimate of drug-likeness (QED) is 0.567. The van der Waals surface area contributed by atoms with Gasteiger partial charge in [-0.2, -0.15) is 4.21 Å². The second kappa shape index (κ2) is 6.03. The van der Waals surface area contributed by atoms with Crippen molar-refractivity contribution in [3.05, 3.63) is 0 Å². The summed E-state index contributed by atoms with van der Waals surface area (Å²) in [5, 5.41) is 0. The summed E-state index contributed by atoms with van der Waals surface area (Å²) in [7, 11) is 2.61. The third-order valence-electron chi connectivity index (χ3n) is 0.272. The summed E-state index contributed by atoms with van der Waals surface area (Å²) in [4.78, 5) is 0. The Labute approximate surface area is 45.3 Å². The molecule has 0 radical (unpaired) electrons. The van der Waals surface area contributed by atoms with Gasteiger partial charge >= 0.3 is 11.4 Å². The van der Waals surface area contributed by atoms with Gasteiger partial charge in [0.05, 0.1) is 14.2 Å². The van der Waals surface area contributed by atoms with Crippen LogP contribution in [0.3, 0.4) is 0 Å². The van der Waals surface area contributed by atoms with Crippen LogP contribution in [0.15, 0.2) is 0 Å². The lowest BCUT2D eigenvalue weighted by atomic mass is 11.8. The molecule has 0 aliphatic rings. The first kappa shape index (κ1) is 10.1. The van der Waals surface area contributed by atoms with Gasteiger partial charge in [0.15, 0.2) is 0 Å². The van der Waals surface area contributed by atoms with E-state index in [2.05, 4.69) is 8.37 Å². The molecule has 0 heterocycles. The maximum atomic E-state index is 9.85. The van der Waals surface area contributed by atoms with Crippen molar-refractivity contribution in [2.75, 3.05) is 14.2 Å². The van der Waals surface area contributed by atoms with E-state index in [0.717, 1.165) is 0 Å². The van der Waals surface area contributed by atoms with Crippen molar-refractivity contribution in [3.63, 3.8) is 0 Å². The highest BCUT2D eigenvalue weighted by molar-refractivity contribution is 7.75. The van der Waals surface area contributed by atoms with Crippen LogP contribution in [0.25, 0.3) is 0 Å². The van der Waals surface area contributed by atoms with Gasteiger partial charge in [-0.1, -0.05) is 0 Å². The highest BCUT2D eigenvalue weighted by Gasteiger charge is 1.84. The third-order valence-corrected chi connectivity index (χ3v) is 0.816. The fourth-order valence-corrected chi connectivity index (χ4v) is 0.204. The summed E-state index contributed by atoms with van der Waals surface area (Å²) in [6.45, 7) is 0. The van der Waals surface area contributed by atoms with Gasteiger partial charge in [0.25, 0.3) is 0 Å². The molecule has 0 aromatic rings. The lowest BCUT2D eigenvalue weighted by molar-refractivity contribution is 0.334. The fourth-order valence-electron chi connectivity index (χ4n) is 0.0680. The molecular formula is C2H9NO3S. The first-order valence-corrected chi connectivity index (χ1v) is 2.32. The molecule has 4 nitrogen and oxygen atoms in total. The smallest absolute Gasteiger partial charge is 0.304 e. The molecule has 0 aromatic heterocycles. The van der Waals surface area contributed by atoms with Crippen molar-refractivity contribution < 1.29 is 12.6 Å². The molecule has 0 rings (SSSR count). The Morgan fingerprint density at radius 2 is 1.57 bits per heavy atom. The third kappa shape index (κ3) is 6.03. The number of hydrogen-bond acceptors (Lipinski definition) is 4. The van der Waals surface area contributed by atoms with E-state index < -0.39 is 11.4 Å². The van der Waals surface area contributed by atoms with E-state index in [4.69, 9.17) is 0 Å². The van der Waals surface area contributed by atoms with Crippen LogP contribution in [-0.4, -0.2) is 18.4 Å². The Balaban J connectivity index is 0. The molecule has 0 saturated heterocycles. The molecule has 0 unspecified atom stereocenters.